The van der Waals surface area contributed by atoms with Crippen LogP contribution in [0.4, 0.5) is 0 Å². The van der Waals surface area contributed by atoms with Gasteiger partial charge in [0.25, 0.3) is 0 Å². The van der Waals surface area contributed by atoms with Crippen LogP contribution < -0.4 is 0 Å². The maximum Gasteiger partial charge on any atom is 0.0998 e. The summed E-state index contributed by atoms with van der Waals surface area (Å²) in [5.74, 6) is 1.35. The van der Waals surface area contributed by atoms with Gasteiger partial charge >= 0.3 is 0 Å². The fourth-order valence-corrected chi connectivity index (χ4v) is 8.10. The summed E-state index contributed by atoms with van der Waals surface area (Å²) in [5.41, 5.74) is 11.5. The van der Waals surface area contributed by atoms with Crippen molar-refractivity contribution in [2.45, 2.75) is 79.1 Å². The van der Waals surface area contributed by atoms with Crippen molar-refractivity contribution < 1.29 is 0 Å². The molecule has 0 aliphatic heterocycles. The molecule has 0 N–H and O–H groups in total. The highest BCUT2D eigenvalue weighted by Crippen LogP contribution is 2.48. The monoisotopic (exact) mass is 622 g/mol. The highest BCUT2D eigenvalue weighted by atomic mass is 14.3. The summed E-state index contributed by atoms with van der Waals surface area (Å²) >= 11 is 0. The third-order valence-corrected chi connectivity index (χ3v) is 10.4. The fraction of sp³-hybridized carbons (Fsp3) is 0.261. The maximum absolute atomic E-state index is 10.4. The first-order chi connectivity index (χ1) is 23.0. The largest absolute Gasteiger partial charge is 0.192 e. The smallest absolute Gasteiger partial charge is 0.0998 e. The normalized spacial score (nSPS) is 12.0. The lowest BCUT2D eigenvalue weighted by Gasteiger charge is -2.23. The van der Waals surface area contributed by atoms with E-state index < -0.39 is 0 Å². The average molecular weight is 623 g/mol. The van der Waals surface area contributed by atoms with Gasteiger partial charge in [0, 0.05) is 10.8 Å². The van der Waals surface area contributed by atoms with Gasteiger partial charge in [0.2, 0.25) is 0 Å². The second-order valence-electron chi connectivity index (χ2n) is 14.7. The van der Waals surface area contributed by atoms with Crippen molar-refractivity contribution >= 4 is 43.1 Å². The molecule has 0 atom stereocenters. The molecule has 0 amide bonds. The molecule has 7 aromatic carbocycles. The number of hydrogen-bond acceptors (Lipinski definition) is 2. The molecule has 0 aliphatic carbocycles. The number of fused-ring (bicyclic) bond motifs is 2. The minimum absolute atomic E-state index is 0.337. The van der Waals surface area contributed by atoms with Crippen LogP contribution in [0.2, 0.25) is 0 Å². The van der Waals surface area contributed by atoms with E-state index in [-0.39, 0.29) is 0 Å². The third kappa shape index (κ3) is 4.74. The van der Waals surface area contributed by atoms with Crippen LogP contribution in [0, 0.1) is 22.7 Å². The Balaban J connectivity index is 1.75. The Kier molecular flexibility index (Phi) is 7.73. The van der Waals surface area contributed by atoms with Crippen LogP contribution in [0.5, 0.6) is 0 Å². The first kappa shape index (κ1) is 31.4. The Labute approximate surface area is 284 Å². The molecule has 0 saturated carbocycles. The number of hydrogen-bond donors (Lipinski definition) is 0. The molecule has 0 aromatic heterocycles. The summed E-state index contributed by atoms with van der Waals surface area (Å²) in [4.78, 5) is 0. The first-order valence-electron chi connectivity index (χ1n) is 17.3. The van der Waals surface area contributed by atoms with Crippen molar-refractivity contribution in [3.63, 3.8) is 0 Å². The van der Waals surface area contributed by atoms with Crippen LogP contribution >= 0.6 is 0 Å². The van der Waals surface area contributed by atoms with Gasteiger partial charge in [-0.1, -0.05) is 104 Å². The zero-order valence-corrected chi connectivity index (χ0v) is 29.3. The highest BCUT2D eigenvalue weighted by Gasteiger charge is 2.23. The number of nitriles is 2. The summed E-state index contributed by atoms with van der Waals surface area (Å²) < 4.78 is 0. The average Bonchev–Trinajstić information content (AvgIpc) is 3.08. The van der Waals surface area contributed by atoms with Crippen LogP contribution in [0.3, 0.4) is 0 Å². The van der Waals surface area contributed by atoms with Crippen molar-refractivity contribution in [1.82, 2.24) is 0 Å². The molecule has 0 spiro atoms. The van der Waals surface area contributed by atoms with Crippen LogP contribution in [-0.2, 0) is 0 Å². The Morgan fingerprint density at radius 2 is 0.708 bits per heavy atom. The van der Waals surface area contributed by atoms with Crippen molar-refractivity contribution in [2.75, 3.05) is 0 Å². The predicted molar refractivity (Wildman–Crippen MR) is 204 cm³/mol. The van der Waals surface area contributed by atoms with E-state index in [4.69, 9.17) is 0 Å². The molecule has 0 radical (unpaired) electrons. The predicted octanol–water partition coefficient (Wildman–Crippen LogP) is 13.3. The molecule has 2 heteroatoms. The summed E-state index contributed by atoms with van der Waals surface area (Å²) in [7, 11) is 0. The van der Waals surface area contributed by atoms with Crippen LogP contribution in [0.25, 0.3) is 65.3 Å². The lowest BCUT2D eigenvalue weighted by Crippen LogP contribution is -2.01. The van der Waals surface area contributed by atoms with Gasteiger partial charge < -0.3 is 0 Å². The molecular weight excluding hydrogens is 581 g/mol. The van der Waals surface area contributed by atoms with E-state index in [2.05, 4.69) is 140 Å². The lowest BCUT2D eigenvalue weighted by atomic mass is 9.80. The van der Waals surface area contributed by atoms with E-state index >= 15 is 0 Å². The van der Waals surface area contributed by atoms with Gasteiger partial charge in [0.05, 0.1) is 23.3 Å². The van der Waals surface area contributed by atoms with E-state index in [0.29, 0.717) is 34.8 Å². The quantitative estimate of drug-likeness (QED) is 0.137. The van der Waals surface area contributed by atoms with E-state index in [9.17, 15) is 10.5 Å². The zero-order valence-electron chi connectivity index (χ0n) is 29.3. The molecule has 0 fully saturated rings. The van der Waals surface area contributed by atoms with Gasteiger partial charge in [-0.05, 0) is 137 Å². The number of nitrogens with zero attached hydrogens (tertiary/aromatic N) is 2. The zero-order chi connectivity index (χ0) is 34.0. The SMILES string of the molecule is CC(C)c1cccc(C(C)C)c1-c1cc2c(C#N)ccc3c4ccc(C#N)c5cc(-c6c(C(C)C)cccc6C(C)C)cc(c(c1)c23)c54. The summed E-state index contributed by atoms with van der Waals surface area (Å²) in [6, 6.07) is 35.9. The van der Waals surface area contributed by atoms with E-state index in [1.807, 2.05) is 12.1 Å². The van der Waals surface area contributed by atoms with Crippen LogP contribution in [0.15, 0.2) is 84.9 Å². The number of rotatable bonds is 6. The standard InChI is InChI=1S/C46H42N2/c1-25(2)33-11-9-12-34(26(3)4)43(33)31-19-39-29(23-47)15-17-37-38-18-16-30(24-48)40-20-32(22-42(46(38)40)41(21-31)45(37)39)44-35(27(5)6)13-10-14-36(44)28(7)8/h9-22,25-28H,1-8H3. The van der Waals surface area contributed by atoms with E-state index in [1.165, 1.54) is 33.4 Å². The molecule has 0 aliphatic rings. The molecule has 7 rings (SSSR count). The Morgan fingerprint density at radius 1 is 0.396 bits per heavy atom. The fourth-order valence-electron chi connectivity index (χ4n) is 8.10. The Bertz CT molecular complexity index is 2250. The van der Waals surface area contributed by atoms with E-state index in [1.54, 1.807) is 0 Å². The molecular formula is C46H42N2. The highest BCUT2D eigenvalue weighted by molar-refractivity contribution is 6.35. The maximum atomic E-state index is 10.4. The molecule has 0 unspecified atom stereocenters. The molecule has 0 heterocycles. The molecule has 236 valence electrons. The summed E-state index contributed by atoms with van der Waals surface area (Å²) in [5, 5.41) is 29.6. The molecule has 0 saturated heterocycles. The third-order valence-electron chi connectivity index (χ3n) is 10.4. The molecule has 7 aromatic rings. The summed E-state index contributed by atoms with van der Waals surface area (Å²) in [6.07, 6.45) is 0. The Hall–Kier alpha value is -5.18. The minimum Gasteiger partial charge on any atom is -0.192 e. The van der Waals surface area contributed by atoms with Crippen LogP contribution in [-0.4, -0.2) is 0 Å². The van der Waals surface area contributed by atoms with E-state index in [0.717, 1.165) is 54.2 Å². The van der Waals surface area contributed by atoms with Gasteiger partial charge in [-0.3, -0.25) is 0 Å². The van der Waals surface area contributed by atoms with Gasteiger partial charge in [-0.2, -0.15) is 10.5 Å². The first-order valence-corrected chi connectivity index (χ1v) is 17.3. The van der Waals surface area contributed by atoms with Crippen molar-refractivity contribution in [1.29, 1.82) is 10.5 Å². The topological polar surface area (TPSA) is 47.6 Å². The second kappa shape index (κ2) is 11.8. The van der Waals surface area contributed by atoms with Crippen molar-refractivity contribution in [3.05, 3.63) is 118 Å². The molecule has 48 heavy (non-hydrogen) atoms. The van der Waals surface area contributed by atoms with Gasteiger partial charge in [-0.15, -0.1) is 0 Å². The van der Waals surface area contributed by atoms with Gasteiger partial charge in [0.15, 0.2) is 0 Å². The van der Waals surface area contributed by atoms with Gasteiger partial charge in [-0.25, -0.2) is 0 Å². The molecule has 2 nitrogen and oxygen atoms in total. The lowest BCUT2D eigenvalue weighted by molar-refractivity contribution is 0.838. The minimum atomic E-state index is 0.337. The Morgan fingerprint density at radius 3 is 1.00 bits per heavy atom. The van der Waals surface area contributed by atoms with Crippen LogP contribution in [0.1, 0.15) is 112 Å². The number of benzene rings is 7. The second-order valence-corrected chi connectivity index (χ2v) is 14.7. The van der Waals surface area contributed by atoms with Crippen molar-refractivity contribution in [2.24, 2.45) is 0 Å². The summed E-state index contributed by atoms with van der Waals surface area (Å²) in [6.45, 7) is 18.1. The molecule has 0 bridgehead atoms. The van der Waals surface area contributed by atoms with Crippen molar-refractivity contribution in [3.8, 4) is 34.4 Å². The van der Waals surface area contributed by atoms with Gasteiger partial charge in [0.1, 0.15) is 0 Å².